The molecule has 5 heterocycles. The van der Waals surface area contributed by atoms with E-state index in [-0.39, 0.29) is 23.5 Å². The van der Waals surface area contributed by atoms with Gasteiger partial charge in [0.1, 0.15) is 18.9 Å². The topological polar surface area (TPSA) is 126 Å². The van der Waals surface area contributed by atoms with Crippen LogP contribution in [0.3, 0.4) is 0 Å². The Kier molecular flexibility index (Phi) is 5.03. The fourth-order valence-corrected chi connectivity index (χ4v) is 6.28. The molecule has 10 nitrogen and oxygen atoms in total. The van der Waals surface area contributed by atoms with Crippen molar-refractivity contribution in [3.8, 4) is 23.0 Å². The summed E-state index contributed by atoms with van der Waals surface area (Å²) in [5, 5.41) is 8.11. The Morgan fingerprint density at radius 1 is 1.14 bits per heavy atom. The fourth-order valence-electron chi connectivity index (χ4n) is 4.59. The molecule has 1 fully saturated rings. The lowest BCUT2D eigenvalue weighted by Gasteiger charge is -2.19. The molecule has 1 N–H and O–H groups in total. The van der Waals surface area contributed by atoms with E-state index < -0.39 is 9.84 Å². The van der Waals surface area contributed by atoms with Crippen LogP contribution in [0.1, 0.15) is 28.5 Å². The molecule has 1 unspecified atom stereocenters. The van der Waals surface area contributed by atoms with Crippen molar-refractivity contribution < 1.29 is 27.1 Å². The number of hydrogen-bond donors (Lipinski definition) is 1. The number of fused-ring (bicyclic) bond motifs is 2. The SMILES string of the molecule is Cc1nn(C2CCS(=O)(=O)C2)c2nc(-c3ccco3)cc(C(=O)Nc3ccc4c(c3)OCCO4)c12. The summed E-state index contributed by atoms with van der Waals surface area (Å²) < 4.78 is 42.6. The smallest absolute Gasteiger partial charge is 0.256 e. The second-order valence-corrected chi connectivity index (χ2v) is 10.9. The van der Waals surface area contributed by atoms with Crippen molar-refractivity contribution in [1.82, 2.24) is 14.8 Å². The van der Waals surface area contributed by atoms with E-state index in [1.807, 2.05) is 0 Å². The van der Waals surface area contributed by atoms with E-state index in [0.717, 1.165) is 0 Å². The van der Waals surface area contributed by atoms with Gasteiger partial charge in [0.25, 0.3) is 5.91 Å². The summed E-state index contributed by atoms with van der Waals surface area (Å²) in [6.07, 6.45) is 1.98. The molecule has 1 aromatic carbocycles. The van der Waals surface area contributed by atoms with Crippen molar-refractivity contribution in [2.45, 2.75) is 19.4 Å². The maximum atomic E-state index is 13.5. The van der Waals surface area contributed by atoms with Gasteiger partial charge in [-0.25, -0.2) is 18.1 Å². The highest BCUT2D eigenvalue weighted by Crippen LogP contribution is 2.35. The summed E-state index contributed by atoms with van der Waals surface area (Å²) in [4.78, 5) is 18.3. The number of nitrogens with zero attached hydrogens (tertiary/aromatic N) is 3. The second-order valence-electron chi connectivity index (χ2n) is 8.63. The number of nitrogens with one attached hydrogen (secondary N) is 1. The summed E-state index contributed by atoms with van der Waals surface area (Å²) in [7, 11) is -3.14. The summed E-state index contributed by atoms with van der Waals surface area (Å²) in [6, 6.07) is 10.0. The van der Waals surface area contributed by atoms with Crippen LogP contribution in [0.2, 0.25) is 0 Å². The maximum absolute atomic E-state index is 13.5. The van der Waals surface area contributed by atoms with Gasteiger partial charge in [-0.3, -0.25) is 4.79 Å². The van der Waals surface area contributed by atoms with Crippen LogP contribution in [0.5, 0.6) is 11.5 Å². The van der Waals surface area contributed by atoms with Crippen LogP contribution in [0.25, 0.3) is 22.5 Å². The number of amides is 1. The summed E-state index contributed by atoms with van der Waals surface area (Å²) in [5.41, 5.74) is 2.41. The van der Waals surface area contributed by atoms with Crippen molar-refractivity contribution in [2.24, 2.45) is 0 Å². The van der Waals surface area contributed by atoms with Crippen molar-refractivity contribution in [3.63, 3.8) is 0 Å². The molecule has 0 aliphatic carbocycles. The first-order valence-corrected chi connectivity index (χ1v) is 13.1. The number of anilines is 1. The van der Waals surface area contributed by atoms with E-state index in [0.29, 0.717) is 70.6 Å². The van der Waals surface area contributed by atoms with Crippen LogP contribution < -0.4 is 14.8 Å². The quantitative estimate of drug-likeness (QED) is 0.458. The van der Waals surface area contributed by atoms with E-state index in [2.05, 4.69) is 10.4 Å². The standard InChI is InChI=1S/C24H22N4O6S/c1-14-22-17(24(29)25-15-4-5-20-21(11-15)34-9-8-33-20)12-18(19-3-2-7-32-19)26-23(22)28(27-14)16-6-10-35(30,31)13-16/h2-5,7,11-12,16H,6,8-10,13H2,1H3,(H,25,29). The van der Waals surface area contributed by atoms with Gasteiger partial charge in [-0.15, -0.1) is 0 Å². The molecule has 6 rings (SSSR count). The average molecular weight is 495 g/mol. The lowest BCUT2D eigenvalue weighted by atomic mass is 10.1. The molecule has 0 saturated carbocycles. The van der Waals surface area contributed by atoms with Crippen molar-refractivity contribution in [3.05, 3.63) is 53.9 Å². The molecule has 1 amide bonds. The predicted molar refractivity (Wildman–Crippen MR) is 128 cm³/mol. The first kappa shape index (κ1) is 21.7. The summed E-state index contributed by atoms with van der Waals surface area (Å²) in [6.45, 7) is 2.71. The number of aryl methyl sites for hydroxylation is 1. The number of benzene rings is 1. The zero-order chi connectivity index (χ0) is 24.2. The van der Waals surface area contributed by atoms with Crippen LogP contribution in [0.15, 0.2) is 47.1 Å². The number of rotatable bonds is 4. The summed E-state index contributed by atoms with van der Waals surface area (Å²) >= 11 is 0. The molecule has 1 saturated heterocycles. The second kappa shape index (κ2) is 8.12. The molecule has 0 spiro atoms. The van der Waals surface area contributed by atoms with Crippen molar-refractivity contribution in [2.75, 3.05) is 30.0 Å². The van der Waals surface area contributed by atoms with Crippen LogP contribution in [-0.4, -0.2) is 53.8 Å². The monoisotopic (exact) mass is 494 g/mol. The molecule has 35 heavy (non-hydrogen) atoms. The molecule has 11 heteroatoms. The van der Waals surface area contributed by atoms with Gasteiger partial charge in [0.05, 0.1) is 40.5 Å². The van der Waals surface area contributed by atoms with Crippen molar-refractivity contribution >= 4 is 32.5 Å². The minimum absolute atomic E-state index is 0.00535. The molecule has 0 radical (unpaired) electrons. The van der Waals surface area contributed by atoms with Gasteiger partial charge in [0.2, 0.25) is 0 Å². The Morgan fingerprint density at radius 2 is 1.97 bits per heavy atom. The van der Waals surface area contributed by atoms with Gasteiger partial charge < -0.3 is 19.2 Å². The van der Waals surface area contributed by atoms with Gasteiger partial charge in [0.15, 0.2) is 32.7 Å². The van der Waals surface area contributed by atoms with Gasteiger partial charge in [-0.2, -0.15) is 5.10 Å². The highest BCUT2D eigenvalue weighted by molar-refractivity contribution is 7.91. The molecule has 2 aliphatic heterocycles. The third-order valence-corrected chi connectivity index (χ3v) is 7.96. The van der Waals surface area contributed by atoms with E-state index in [1.54, 1.807) is 48.0 Å². The van der Waals surface area contributed by atoms with Crippen molar-refractivity contribution in [1.29, 1.82) is 0 Å². The Labute approximate surface area is 200 Å². The number of pyridine rings is 1. The predicted octanol–water partition coefficient (Wildman–Crippen LogP) is 3.38. The average Bonchev–Trinajstić information content (AvgIpc) is 3.58. The zero-order valence-electron chi connectivity index (χ0n) is 18.9. The molecule has 0 bridgehead atoms. The number of hydrogen-bond acceptors (Lipinski definition) is 8. The lowest BCUT2D eigenvalue weighted by Crippen LogP contribution is -2.17. The molecule has 1 atom stereocenters. The highest BCUT2D eigenvalue weighted by Gasteiger charge is 2.32. The minimum Gasteiger partial charge on any atom is -0.486 e. The van der Waals surface area contributed by atoms with E-state index in [9.17, 15) is 13.2 Å². The van der Waals surface area contributed by atoms with Crippen LogP contribution in [0.4, 0.5) is 5.69 Å². The zero-order valence-corrected chi connectivity index (χ0v) is 19.7. The van der Waals surface area contributed by atoms with Crippen LogP contribution in [-0.2, 0) is 9.84 Å². The molecule has 2 aliphatic rings. The normalized spacial score (nSPS) is 18.6. The van der Waals surface area contributed by atoms with Gasteiger partial charge >= 0.3 is 0 Å². The third-order valence-electron chi connectivity index (χ3n) is 6.21. The Morgan fingerprint density at radius 3 is 2.71 bits per heavy atom. The number of ether oxygens (including phenoxy) is 2. The minimum atomic E-state index is -3.14. The van der Waals surface area contributed by atoms with Gasteiger partial charge in [0, 0.05) is 11.8 Å². The van der Waals surface area contributed by atoms with E-state index in [1.165, 1.54) is 6.26 Å². The van der Waals surface area contributed by atoms with E-state index in [4.69, 9.17) is 18.9 Å². The Hall–Kier alpha value is -3.86. The third kappa shape index (κ3) is 3.91. The summed E-state index contributed by atoms with van der Waals surface area (Å²) in [5.74, 6) is 1.43. The number of carbonyl (C=O) groups is 1. The number of sulfone groups is 1. The number of aromatic nitrogens is 3. The van der Waals surface area contributed by atoms with Gasteiger partial charge in [-0.1, -0.05) is 0 Å². The molecular formula is C24H22N4O6S. The molecule has 3 aromatic heterocycles. The lowest BCUT2D eigenvalue weighted by molar-refractivity contribution is 0.102. The van der Waals surface area contributed by atoms with Gasteiger partial charge in [-0.05, 0) is 43.7 Å². The fraction of sp³-hybridized carbons (Fsp3) is 0.292. The maximum Gasteiger partial charge on any atom is 0.256 e. The Balaban J connectivity index is 1.45. The molecule has 4 aromatic rings. The highest BCUT2D eigenvalue weighted by atomic mass is 32.2. The first-order chi connectivity index (χ1) is 16.9. The number of furan rings is 1. The Bertz CT molecular complexity index is 1560. The van der Waals surface area contributed by atoms with E-state index >= 15 is 0 Å². The molecule has 180 valence electrons. The first-order valence-electron chi connectivity index (χ1n) is 11.2. The molecular weight excluding hydrogens is 472 g/mol. The largest absolute Gasteiger partial charge is 0.486 e. The van der Waals surface area contributed by atoms with Crippen LogP contribution in [0, 0.1) is 6.92 Å². The van der Waals surface area contributed by atoms with Crippen LogP contribution >= 0.6 is 0 Å². The number of carbonyl (C=O) groups excluding carboxylic acids is 1.